The maximum atomic E-state index is 13.5. The summed E-state index contributed by atoms with van der Waals surface area (Å²) in [5.41, 5.74) is -0.155. The second-order valence-corrected chi connectivity index (χ2v) is 7.83. The summed E-state index contributed by atoms with van der Waals surface area (Å²) in [5, 5.41) is 9.98. The lowest BCUT2D eigenvalue weighted by Crippen LogP contribution is -2.47. The van der Waals surface area contributed by atoms with Gasteiger partial charge in [0.25, 0.3) is 5.69 Å². The van der Waals surface area contributed by atoms with Crippen molar-refractivity contribution < 1.29 is 17.7 Å². The number of anilines is 1. The molecule has 0 bridgehead atoms. The van der Waals surface area contributed by atoms with Crippen molar-refractivity contribution in [2.24, 2.45) is 0 Å². The summed E-state index contributed by atoms with van der Waals surface area (Å²) in [5.74, 6) is 0.305. The molecule has 0 spiro atoms. The summed E-state index contributed by atoms with van der Waals surface area (Å²) in [6.07, 6.45) is 1.12. The van der Waals surface area contributed by atoms with E-state index in [1.807, 2.05) is 0 Å². The third kappa shape index (κ3) is 3.21. The highest BCUT2D eigenvalue weighted by Crippen LogP contribution is 2.30. The lowest BCUT2D eigenvalue weighted by molar-refractivity contribution is -0.385. The molecule has 1 atom stereocenters. The van der Waals surface area contributed by atoms with Crippen molar-refractivity contribution in [3.8, 4) is 0 Å². The second-order valence-electron chi connectivity index (χ2n) is 4.48. The molecular weight excluding hydrogens is 307 g/mol. The van der Waals surface area contributed by atoms with E-state index in [9.17, 15) is 22.9 Å². The van der Waals surface area contributed by atoms with E-state index in [-0.39, 0.29) is 11.4 Å². The van der Waals surface area contributed by atoms with Gasteiger partial charge in [0, 0.05) is 36.1 Å². The van der Waals surface area contributed by atoms with E-state index in [4.69, 9.17) is 0 Å². The third-order valence-corrected chi connectivity index (χ3v) is 5.63. The molecule has 6 nitrogen and oxygen atoms in total. The van der Waals surface area contributed by atoms with Gasteiger partial charge in [-0.1, -0.05) is 0 Å². The first-order chi connectivity index (χ1) is 9.29. The summed E-state index contributed by atoms with van der Waals surface area (Å²) in [6, 6.07) is 3.15. The van der Waals surface area contributed by atoms with Crippen molar-refractivity contribution in [2.75, 3.05) is 29.2 Å². The largest absolute Gasteiger partial charge is 0.353 e. The average Bonchev–Trinajstić information content (AvgIpc) is 2.37. The zero-order chi connectivity index (χ0) is 14.9. The molecular formula is C11H13FN2O4S2. The molecule has 0 saturated carbocycles. The zero-order valence-electron chi connectivity index (χ0n) is 10.7. The van der Waals surface area contributed by atoms with Gasteiger partial charge in [0.15, 0.2) is 9.84 Å². The van der Waals surface area contributed by atoms with Crippen LogP contribution in [0.25, 0.3) is 0 Å². The molecule has 1 fully saturated rings. The van der Waals surface area contributed by atoms with Crippen LogP contribution in [0.4, 0.5) is 15.8 Å². The van der Waals surface area contributed by atoms with E-state index in [0.717, 1.165) is 18.4 Å². The van der Waals surface area contributed by atoms with Crippen LogP contribution in [0.3, 0.4) is 0 Å². The van der Waals surface area contributed by atoms with Crippen LogP contribution in [0.2, 0.25) is 0 Å². The van der Waals surface area contributed by atoms with Gasteiger partial charge in [-0.15, -0.1) is 0 Å². The Bertz CT molecular complexity index is 635. The molecule has 0 radical (unpaired) electrons. The van der Waals surface area contributed by atoms with Crippen LogP contribution in [0, 0.1) is 15.9 Å². The van der Waals surface area contributed by atoms with Crippen LogP contribution in [0.1, 0.15) is 0 Å². The molecule has 0 aliphatic carbocycles. The highest BCUT2D eigenvalue weighted by atomic mass is 32.2. The van der Waals surface area contributed by atoms with Crippen molar-refractivity contribution in [1.82, 2.24) is 0 Å². The number of halogens is 1. The van der Waals surface area contributed by atoms with E-state index in [1.54, 1.807) is 0 Å². The Balaban J connectivity index is 2.45. The number of thioether (sulfide) groups is 1. The normalized spacial score (nSPS) is 19.9. The van der Waals surface area contributed by atoms with Crippen LogP contribution in [-0.4, -0.2) is 43.0 Å². The maximum Gasteiger partial charge on any atom is 0.274 e. The molecule has 9 heteroatoms. The number of hydrogen-bond donors (Lipinski definition) is 0. The quantitative estimate of drug-likeness (QED) is 0.622. The molecule has 1 aromatic rings. The first-order valence-corrected chi connectivity index (χ1v) is 8.88. The molecule has 0 amide bonds. The number of hydrogen-bond acceptors (Lipinski definition) is 6. The molecule has 1 heterocycles. The fourth-order valence-corrected chi connectivity index (χ4v) is 4.90. The summed E-state index contributed by atoms with van der Waals surface area (Å²) < 4.78 is 37.1. The molecule has 1 aliphatic rings. The minimum Gasteiger partial charge on any atom is -0.353 e. The van der Waals surface area contributed by atoms with Gasteiger partial charge < -0.3 is 4.90 Å². The van der Waals surface area contributed by atoms with Gasteiger partial charge in [-0.3, -0.25) is 10.1 Å². The summed E-state index contributed by atoms with van der Waals surface area (Å²) in [7, 11) is -3.36. The maximum absolute atomic E-state index is 13.5. The van der Waals surface area contributed by atoms with Crippen LogP contribution < -0.4 is 4.90 Å². The van der Waals surface area contributed by atoms with Gasteiger partial charge in [0.1, 0.15) is 11.2 Å². The fourth-order valence-electron chi connectivity index (χ4n) is 2.06. The monoisotopic (exact) mass is 320 g/mol. The van der Waals surface area contributed by atoms with Gasteiger partial charge in [0.05, 0.1) is 11.0 Å². The van der Waals surface area contributed by atoms with E-state index < -0.39 is 26.0 Å². The van der Waals surface area contributed by atoms with E-state index in [0.29, 0.717) is 18.1 Å². The first-order valence-electron chi connectivity index (χ1n) is 5.77. The molecule has 1 aromatic carbocycles. The lowest BCUT2D eigenvalue weighted by Gasteiger charge is -2.35. The predicted molar refractivity (Wildman–Crippen MR) is 76.4 cm³/mol. The third-order valence-electron chi connectivity index (χ3n) is 2.99. The summed E-state index contributed by atoms with van der Waals surface area (Å²) in [4.78, 5) is 11.6. The van der Waals surface area contributed by atoms with Crippen molar-refractivity contribution in [3.05, 3.63) is 34.1 Å². The molecule has 0 N–H and O–H groups in total. The predicted octanol–water partition coefficient (Wildman–Crippen LogP) is 1.66. The van der Waals surface area contributed by atoms with Gasteiger partial charge in [-0.2, -0.15) is 11.8 Å². The van der Waals surface area contributed by atoms with Crippen molar-refractivity contribution >= 4 is 33.0 Å². The Kier molecular flexibility index (Phi) is 4.19. The Hall–Kier alpha value is -1.35. The van der Waals surface area contributed by atoms with Crippen LogP contribution in [-0.2, 0) is 9.84 Å². The molecule has 20 heavy (non-hydrogen) atoms. The summed E-state index contributed by atoms with van der Waals surface area (Å²) in [6.45, 7) is 0.406. The highest BCUT2D eigenvalue weighted by molar-refractivity contribution is 8.01. The molecule has 2 rings (SSSR count). The number of non-ortho nitro benzene ring substituents is 1. The molecule has 0 aromatic heterocycles. The Labute approximate surface area is 120 Å². The zero-order valence-corrected chi connectivity index (χ0v) is 12.3. The van der Waals surface area contributed by atoms with Crippen molar-refractivity contribution in [3.63, 3.8) is 0 Å². The average molecular weight is 320 g/mol. The van der Waals surface area contributed by atoms with E-state index in [1.165, 1.54) is 22.7 Å². The molecule has 1 unspecified atom stereocenters. The van der Waals surface area contributed by atoms with E-state index in [2.05, 4.69) is 0 Å². The topological polar surface area (TPSA) is 80.5 Å². The SMILES string of the molecule is CS(=O)(=O)C1CSCCN1c1cc(F)cc([N+](=O)[O-])c1. The number of sulfone groups is 1. The van der Waals surface area contributed by atoms with Crippen molar-refractivity contribution in [1.29, 1.82) is 0 Å². The van der Waals surface area contributed by atoms with Gasteiger partial charge >= 0.3 is 0 Å². The Morgan fingerprint density at radius 2 is 2.15 bits per heavy atom. The Morgan fingerprint density at radius 1 is 1.45 bits per heavy atom. The Morgan fingerprint density at radius 3 is 2.75 bits per heavy atom. The van der Waals surface area contributed by atoms with E-state index >= 15 is 0 Å². The fraction of sp³-hybridized carbons (Fsp3) is 0.455. The first kappa shape index (κ1) is 15.0. The molecule has 110 valence electrons. The minimum absolute atomic E-state index is 0.229. The smallest absolute Gasteiger partial charge is 0.274 e. The summed E-state index contributed by atoms with van der Waals surface area (Å²) >= 11 is 1.49. The van der Waals surface area contributed by atoms with Crippen LogP contribution >= 0.6 is 11.8 Å². The number of nitro groups is 1. The molecule has 1 saturated heterocycles. The van der Waals surface area contributed by atoms with Crippen LogP contribution in [0.15, 0.2) is 18.2 Å². The standard InChI is InChI=1S/C11H13FN2O4S2/c1-20(17,18)11-7-19-3-2-13(11)9-4-8(12)5-10(6-9)14(15)16/h4-6,11H,2-3,7H2,1H3. The van der Waals surface area contributed by atoms with Gasteiger partial charge in [-0.05, 0) is 6.07 Å². The lowest BCUT2D eigenvalue weighted by atomic mass is 10.2. The second kappa shape index (κ2) is 5.57. The number of rotatable bonds is 3. The van der Waals surface area contributed by atoms with Crippen LogP contribution in [0.5, 0.6) is 0 Å². The molecule has 1 aliphatic heterocycles. The number of benzene rings is 1. The highest BCUT2D eigenvalue weighted by Gasteiger charge is 2.32. The van der Waals surface area contributed by atoms with Gasteiger partial charge in [0.2, 0.25) is 0 Å². The minimum atomic E-state index is -3.36. The number of nitrogens with zero attached hydrogens (tertiary/aromatic N) is 2. The van der Waals surface area contributed by atoms with Crippen molar-refractivity contribution in [2.45, 2.75) is 5.37 Å². The van der Waals surface area contributed by atoms with Gasteiger partial charge in [-0.25, -0.2) is 12.8 Å². The number of nitro benzene ring substituents is 1.